The van der Waals surface area contributed by atoms with Crippen molar-refractivity contribution in [1.82, 2.24) is 5.32 Å². The first-order chi connectivity index (χ1) is 11.1. The van der Waals surface area contributed by atoms with Gasteiger partial charge in [-0.05, 0) is 30.4 Å². The third-order valence-corrected chi connectivity index (χ3v) is 3.60. The first-order valence-electron chi connectivity index (χ1n) is 7.69. The fraction of sp³-hybridized carbons (Fsp3) is 0.278. The Bertz CT molecular complexity index is 639. The van der Waals surface area contributed by atoms with Crippen molar-refractivity contribution in [1.29, 1.82) is 0 Å². The number of carbonyl (C=O) groups is 1. The molecular formula is C18H20N2O3. The van der Waals surface area contributed by atoms with Crippen LogP contribution < -0.4 is 5.32 Å². The molecule has 0 unspecified atom stereocenters. The molecule has 0 saturated carbocycles. The first kappa shape index (κ1) is 16.7. The van der Waals surface area contributed by atoms with E-state index in [2.05, 4.69) is 17.4 Å². The Labute approximate surface area is 135 Å². The molecule has 2 aromatic rings. The van der Waals surface area contributed by atoms with Gasteiger partial charge in [-0.2, -0.15) is 0 Å². The maximum atomic E-state index is 11.8. The van der Waals surface area contributed by atoms with Crippen LogP contribution in [0.3, 0.4) is 0 Å². The van der Waals surface area contributed by atoms with Gasteiger partial charge in [-0.1, -0.05) is 42.5 Å². The fourth-order valence-electron chi connectivity index (χ4n) is 2.28. The minimum Gasteiger partial charge on any atom is -0.352 e. The Kier molecular flexibility index (Phi) is 6.29. The van der Waals surface area contributed by atoms with Gasteiger partial charge in [0.2, 0.25) is 5.91 Å². The molecule has 0 atom stereocenters. The number of unbranched alkanes of at least 4 members (excludes halogenated alkanes) is 1. The molecular weight excluding hydrogens is 292 g/mol. The second-order valence-electron chi connectivity index (χ2n) is 5.39. The molecule has 1 amide bonds. The van der Waals surface area contributed by atoms with Crippen LogP contribution in [0.4, 0.5) is 5.69 Å². The predicted molar refractivity (Wildman–Crippen MR) is 88.9 cm³/mol. The van der Waals surface area contributed by atoms with Crippen LogP contribution in [0.5, 0.6) is 0 Å². The molecule has 0 spiro atoms. The molecule has 0 saturated heterocycles. The highest BCUT2D eigenvalue weighted by Gasteiger charge is 2.05. The largest absolute Gasteiger partial charge is 0.352 e. The Balaban J connectivity index is 1.64. The molecule has 0 heterocycles. The van der Waals surface area contributed by atoms with Crippen LogP contribution in [0.1, 0.15) is 30.4 Å². The van der Waals surface area contributed by atoms with Crippen LogP contribution >= 0.6 is 0 Å². The highest BCUT2D eigenvalue weighted by Crippen LogP contribution is 2.12. The molecule has 0 fully saturated rings. The summed E-state index contributed by atoms with van der Waals surface area (Å²) in [6, 6.07) is 16.4. The van der Waals surface area contributed by atoms with Crippen LogP contribution in [0.15, 0.2) is 54.6 Å². The minimum absolute atomic E-state index is 0.0106. The van der Waals surface area contributed by atoms with E-state index in [4.69, 9.17) is 0 Å². The second-order valence-corrected chi connectivity index (χ2v) is 5.39. The number of nitro benzene ring substituents is 1. The number of carbonyl (C=O) groups excluding carboxylic acids is 1. The topological polar surface area (TPSA) is 72.2 Å². The zero-order valence-corrected chi connectivity index (χ0v) is 12.9. The molecule has 1 N–H and O–H groups in total. The van der Waals surface area contributed by atoms with Gasteiger partial charge in [-0.15, -0.1) is 0 Å². The summed E-state index contributed by atoms with van der Waals surface area (Å²) in [5, 5.41) is 13.4. The van der Waals surface area contributed by atoms with Crippen molar-refractivity contribution in [2.45, 2.75) is 32.2 Å². The zero-order valence-electron chi connectivity index (χ0n) is 12.9. The summed E-state index contributed by atoms with van der Waals surface area (Å²) in [5.74, 6) is 0.0106. The number of non-ortho nitro benzene ring substituents is 1. The van der Waals surface area contributed by atoms with Crippen molar-refractivity contribution in [3.05, 3.63) is 75.8 Å². The lowest BCUT2D eigenvalue weighted by Crippen LogP contribution is -2.22. The number of nitrogens with one attached hydrogen (secondary N) is 1. The van der Waals surface area contributed by atoms with E-state index in [1.165, 1.54) is 17.7 Å². The molecule has 2 aromatic carbocycles. The van der Waals surface area contributed by atoms with Gasteiger partial charge in [0, 0.05) is 25.1 Å². The zero-order chi connectivity index (χ0) is 16.5. The number of aryl methyl sites for hydroxylation is 1. The van der Waals surface area contributed by atoms with Crippen molar-refractivity contribution >= 4 is 11.6 Å². The van der Waals surface area contributed by atoms with Crippen LogP contribution in [-0.2, 0) is 17.8 Å². The Morgan fingerprint density at radius 1 is 0.957 bits per heavy atom. The molecule has 2 rings (SSSR count). The lowest BCUT2D eigenvalue weighted by molar-refractivity contribution is -0.384. The number of hydrogen-bond acceptors (Lipinski definition) is 3. The highest BCUT2D eigenvalue weighted by atomic mass is 16.6. The molecule has 5 nitrogen and oxygen atoms in total. The van der Waals surface area contributed by atoms with E-state index in [1.807, 2.05) is 18.2 Å². The summed E-state index contributed by atoms with van der Waals surface area (Å²) in [6.07, 6.45) is 3.31. The van der Waals surface area contributed by atoms with E-state index in [0.717, 1.165) is 24.8 Å². The van der Waals surface area contributed by atoms with Gasteiger partial charge in [-0.25, -0.2) is 0 Å². The van der Waals surface area contributed by atoms with Gasteiger partial charge in [0.1, 0.15) is 0 Å². The molecule has 23 heavy (non-hydrogen) atoms. The lowest BCUT2D eigenvalue weighted by atomic mass is 10.1. The third-order valence-electron chi connectivity index (χ3n) is 3.60. The van der Waals surface area contributed by atoms with Crippen LogP contribution in [0, 0.1) is 10.1 Å². The first-order valence-corrected chi connectivity index (χ1v) is 7.69. The Hall–Kier alpha value is -2.69. The van der Waals surface area contributed by atoms with Crippen molar-refractivity contribution in [3.63, 3.8) is 0 Å². The van der Waals surface area contributed by atoms with Gasteiger partial charge < -0.3 is 5.32 Å². The SMILES string of the molecule is O=C(CCCCc1ccccc1)NCc1ccc([N+](=O)[O-])cc1. The van der Waals surface area contributed by atoms with E-state index >= 15 is 0 Å². The second kappa shape index (κ2) is 8.68. The normalized spacial score (nSPS) is 10.3. The van der Waals surface area contributed by atoms with E-state index in [-0.39, 0.29) is 11.6 Å². The Morgan fingerprint density at radius 3 is 2.30 bits per heavy atom. The minimum atomic E-state index is -0.435. The maximum absolute atomic E-state index is 11.8. The average molecular weight is 312 g/mol. The van der Waals surface area contributed by atoms with E-state index < -0.39 is 4.92 Å². The predicted octanol–water partition coefficient (Wildman–Crippen LogP) is 3.62. The van der Waals surface area contributed by atoms with Gasteiger partial charge in [0.25, 0.3) is 5.69 Å². The average Bonchev–Trinajstić information content (AvgIpc) is 2.58. The van der Waals surface area contributed by atoms with Gasteiger partial charge in [0.05, 0.1) is 4.92 Å². The van der Waals surface area contributed by atoms with Crippen molar-refractivity contribution < 1.29 is 9.72 Å². The highest BCUT2D eigenvalue weighted by molar-refractivity contribution is 5.75. The summed E-state index contributed by atoms with van der Waals surface area (Å²) >= 11 is 0. The van der Waals surface area contributed by atoms with Crippen molar-refractivity contribution in [2.75, 3.05) is 0 Å². The summed E-state index contributed by atoms with van der Waals surface area (Å²) in [4.78, 5) is 21.9. The Morgan fingerprint density at radius 2 is 1.65 bits per heavy atom. The van der Waals surface area contributed by atoms with Crippen LogP contribution in [0.2, 0.25) is 0 Å². The lowest BCUT2D eigenvalue weighted by Gasteiger charge is -2.05. The number of rotatable bonds is 8. The van der Waals surface area contributed by atoms with E-state index in [1.54, 1.807) is 12.1 Å². The standard InChI is InChI=1S/C18H20N2O3/c21-18(9-5-4-8-15-6-2-1-3-7-15)19-14-16-10-12-17(13-11-16)20(22)23/h1-3,6-7,10-13H,4-5,8-9,14H2,(H,19,21). The fourth-order valence-corrected chi connectivity index (χ4v) is 2.28. The van der Waals surface area contributed by atoms with Gasteiger partial charge >= 0.3 is 0 Å². The molecule has 0 bridgehead atoms. The molecule has 120 valence electrons. The molecule has 0 radical (unpaired) electrons. The van der Waals surface area contributed by atoms with E-state index in [9.17, 15) is 14.9 Å². The van der Waals surface area contributed by atoms with Crippen molar-refractivity contribution in [2.24, 2.45) is 0 Å². The molecule has 0 aliphatic rings. The molecule has 5 heteroatoms. The van der Waals surface area contributed by atoms with Crippen LogP contribution in [0.25, 0.3) is 0 Å². The third kappa shape index (κ3) is 5.90. The summed E-state index contributed by atoms with van der Waals surface area (Å²) in [7, 11) is 0. The number of amides is 1. The quantitative estimate of drug-likeness (QED) is 0.459. The van der Waals surface area contributed by atoms with Crippen molar-refractivity contribution in [3.8, 4) is 0 Å². The van der Waals surface area contributed by atoms with Gasteiger partial charge in [-0.3, -0.25) is 14.9 Å². The van der Waals surface area contributed by atoms with E-state index in [0.29, 0.717) is 13.0 Å². The number of benzene rings is 2. The smallest absolute Gasteiger partial charge is 0.269 e. The molecule has 0 aliphatic carbocycles. The molecule has 0 aromatic heterocycles. The summed E-state index contributed by atoms with van der Waals surface area (Å²) in [5.41, 5.74) is 2.20. The summed E-state index contributed by atoms with van der Waals surface area (Å²) in [6.45, 7) is 0.398. The van der Waals surface area contributed by atoms with Crippen LogP contribution in [-0.4, -0.2) is 10.8 Å². The number of hydrogen-bond donors (Lipinski definition) is 1. The summed E-state index contributed by atoms with van der Waals surface area (Å²) < 4.78 is 0. The molecule has 0 aliphatic heterocycles. The van der Waals surface area contributed by atoms with Gasteiger partial charge in [0.15, 0.2) is 0 Å². The maximum Gasteiger partial charge on any atom is 0.269 e. The number of nitrogens with zero attached hydrogens (tertiary/aromatic N) is 1. The number of nitro groups is 1. The monoisotopic (exact) mass is 312 g/mol.